The van der Waals surface area contributed by atoms with Gasteiger partial charge in [0, 0.05) is 46.1 Å². The minimum atomic E-state index is -0.0228. The van der Waals surface area contributed by atoms with Gasteiger partial charge in [-0.05, 0) is 19.8 Å². The van der Waals surface area contributed by atoms with E-state index in [-0.39, 0.29) is 11.8 Å². The number of nitrogens with zero attached hydrogens (tertiary/aromatic N) is 6. The highest BCUT2D eigenvalue weighted by atomic mass is 16.1. The molecular formula is C17H25N7O. The van der Waals surface area contributed by atoms with Crippen LogP contribution in [0.2, 0.25) is 0 Å². The molecule has 1 aliphatic heterocycles. The molecule has 8 nitrogen and oxygen atoms in total. The number of nitrogens with one attached hydrogen (secondary N) is 1. The van der Waals surface area contributed by atoms with E-state index in [0.29, 0.717) is 18.9 Å². The summed E-state index contributed by atoms with van der Waals surface area (Å²) in [5, 5.41) is 11.6. The van der Waals surface area contributed by atoms with Gasteiger partial charge in [0.15, 0.2) is 5.82 Å². The maximum absolute atomic E-state index is 12.0. The van der Waals surface area contributed by atoms with Crippen molar-refractivity contribution in [1.29, 1.82) is 0 Å². The summed E-state index contributed by atoms with van der Waals surface area (Å²) in [5.41, 5.74) is 1.01. The number of aryl methyl sites for hydroxylation is 1. The van der Waals surface area contributed by atoms with E-state index < -0.39 is 0 Å². The average molecular weight is 343 g/mol. The van der Waals surface area contributed by atoms with Crippen LogP contribution in [0, 0.1) is 5.92 Å². The second-order valence-corrected chi connectivity index (χ2v) is 6.63. The van der Waals surface area contributed by atoms with E-state index in [9.17, 15) is 4.79 Å². The summed E-state index contributed by atoms with van der Waals surface area (Å²) in [6.07, 6.45) is 5.49. The second-order valence-electron chi connectivity index (χ2n) is 6.63. The quantitative estimate of drug-likeness (QED) is 0.826. The molecular weight excluding hydrogens is 318 g/mol. The summed E-state index contributed by atoms with van der Waals surface area (Å²) >= 11 is 0. The van der Waals surface area contributed by atoms with Crippen LogP contribution < -0.4 is 10.2 Å². The van der Waals surface area contributed by atoms with E-state index in [2.05, 4.69) is 32.0 Å². The van der Waals surface area contributed by atoms with E-state index in [1.54, 1.807) is 13.2 Å². The maximum Gasteiger partial charge on any atom is 0.227 e. The number of amides is 1. The molecule has 1 saturated heterocycles. The molecule has 1 N–H and O–H groups in total. The lowest BCUT2D eigenvalue weighted by molar-refractivity contribution is -0.124. The van der Waals surface area contributed by atoms with Gasteiger partial charge in [0.25, 0.3) is 0 Å². The zero-order valence-corrected chi connectivity index (χ0v) is 15.1. The van der Waals surface area contributed by atoms with Gasteiger partial charge in [0.1, 0.15) is 0 Å². The molecule has 8 heteroatoms. The van der Waals surface area contributed by atoms with Crippen molar-refractivity contribution in [3.05, 3.63) is 24.5 Å². The molecule has 1 atom stereocenters. The Hall–Kier alpha value is -2.64. The average Bonchev–Trinajstić information content (AvgIpc) is 3.19. The summed E-state index contributed by atoms with van der Waals surface area (Å²) < 4.78 is 3.96. The minimum Gasteiger partial charge on any atom is -0.359 e. The van der Waals surface area contributed by atoms with Crippen molar-refractivity contribution >= 4 is 11.9 Å². The van der Waals surface area contributed by atoms with Crippen molar-refractivity contribution in [3.63, 3.8) is 0 Å². The Morgan fingerprint density at radius 2 is 2.20 bits per heavy atom. The first-order valence-electron chi connectivity index (χ1n) is 8.53. The number of imidazole rings is 1. The highest BCUT2D eigenvalue weighted by Gasteiger charge is 2.29. The highest BCUT2D eigenvalue weighted by molar-refractivity contribution is 5.79. The van der Waals surface area contributed by atoms with Crippen LogP contribution in [0.25, 0.3) is 11.6 Å². The topological polar surface area (TPSA) is 80.9 Å². The Labute approximate surface area is 147 Å². The Morgan fingerprint density at radius 3 is 2.84 bits per heavy atom. The van der Waals surface area contributed by atoms with Gasteiger partial charge < -0.3 is 14.8 Å². The van der Waals surface area contributed by atoms with Gasteiger partial charge in [0.05, 0.1) is 5.92 Å². The van der Waals surface area contributed by atoms with Gasteiger partial charge in [0.2, 0.25) is 17.7 Å². The molecule has 134 valence electrons. The zero-order chi connectivity index (χ0) is 18.0. The van der Waals surface area contributed by atoms with Gasteiger partial charge in [-0.25, -0.2) is 4.98 Å². The third-order valence-corrected chi connectivity index (χ3v) is 4.50. The highest BCUT2D eigenvalue weighted by Crippen LogP contribution is 2.26. The fourth-order valence-corrected chi connectivity index (χ4v) is 3.27. The molecule has 3 rings (SSSR count). The number of carbonyl (C=O) groups excluding carboxylic acids is 1. The summed E-state index contributed by atoms with van der Waals surface area (Å²) in [7, 11) is 3.62. The molecule has 1 unspecified atom stereocenters. The van der Waals surface area contributed by atoms with Crippen LogP contribution in [0.5, 0.6) is 0 Å². The van der Waals surface area contributed by atoms with Gasteiger partial charge in [-0.1, -0.05) is 12.2 Å². The monoisotopic (exact) mass is 343 g/mol. The molecule has 0 radical (unpaired) electrons. The van der Waals surface area contributed by atoms with E-state index in [0.717, 1.165) is 36.7 Å². The SMILES string of the molecule is C=C(C)Cn1c(-c2nccn2C)nnc1N1CCCC(C(=O)NC)C1. The first kappa shape index (κ1) is 17.2. The number of hydrogen-bond donors (Lipinski definition) is 1. The van der Waals surface area contributed by atoms with Gasteiger partial charge >= 0.3 is 0 Å². The van der Waals surface area contributed by atoms with Crippen LogP contribution in [0.15, 0.2) is 24.5 Å². The minimum absolute atomic E-state index is 0.0228. The molecule has 3 heterocycles. The Morgan fingerprint density at radius 1 is 1.40 bits per heavy atom. The third kappa shape index (κ3) is 3.42. The summed E-state index contributed by atoms with van der Waals surface area (Å²) in [5.74, 6) is 2.31. The predicted octanol–water partition coefficient (Wildman–Crippen LogP) is 1.22. The van der Waals surface area contributed by atoms with Crippen LogP contribution in [0.4, 0.5) is 5.95 Å². The van der Waals surface area contributed by atoms with E-state index in [1.165, 1.54) is 0 Å². The van der Waals surface area contributed by atoms with Crippen molar-refractivity contribution in [2.45, 2.75) is 26.3 Å². The van der Waals surface area contributed by atoms with Crippen LogP contribution in [0.1, 0.15) is 19.8 Å². The zero-order valence-electron chi connectivity index (χ0n) is 15.1. The first-order valence-corrected chi connectivity index (χ1v) is 8.53. The number of rotatable bonds is 5. The number of allylic oxidation sites excluding steroid dienone is 1. The van der Waals surface area contributed by atoms with Crippen LogP contribution >= 0.6 is 0 Å². The van der Waals surface area contributed by atoms with Crippen molar-refractivity contribution in [3.8, 4) is 11.6 Å². The van der Waals surface area contributed by atoms with Crippen LogP contribution in [0.3, 0.4) is 0 Å². The molecule has 0 bridgehead atoms. The van der Waals surface area contributed by atoms with Crippen LogP contribution in [-0.4, -0.2) is 50.4 Å². The molecule has 1 fully saturated rings. The number of carbonyl (C=O) groups is 1. The lowest BCUT2D eigenvalue weighted by Crippen LogP contribution is -2.43. The number of anilines is 1. The van der Waals surface area contributed by atoms with Gasteiger partial charge in [-0.15, -0.1) is 10.2 Å². The van der Waals surface area contributed by atoms with E-state index >= 15 is 0 Å². The summed E-state index contributed by atoms with van der Waals surface area (Å²) in [6, 6.07) is 0. The van der Waals surface area contributed by atoms with Crippen LogP contribution in [-0.2, 0) is 18.4 Å². The molecule has 0 aromatic carbocycles. The molecule has 0 saturated carbocycles. The molecule has 0 spiro atoms. The van der Waals surface area contributed by atoms with E-state index in [4.69, 9.17) is 0 Å². The molecule has 2 aromatic heterocycles. The fraction of sp³-hybridized carbons (Fsp3) is 0.529. The van der Waals surface area contributed by atoms with Crippen molar-refractivity contribution in [1.82, 2.24) is 29.6 Å². The summed E-state index contributed by atoms with van der Waals surface area (Å²) in [6.45, 7) is 8.14. The second kappa shape index (κ2) is 7.08. The molecule has 25 heavy (non-hydrogen) atoms. The standard InChI is InChI=1S/C17H25N7O/c1-12(2)10-24-15(14-19-7-9-22(14)4)20-21-17(24)23-8-5-6-13(11-23)16(25)18-3/h7,9,13H,1,5-6,8,10-11H2,2-4H3,(H,18,25). The van der Waals surface area contributed by atoms with Crippen molar-refractivity contribution < 1.29 is 4.79 Å². The fourth-order valence-electron chi connectivity index (χ4n) is 3.27. The smallest absolute Gasteiger partial charge is 0.227 e. The molecule has 1 aliphatic rings. The number of hydrogen-bond acceptors (Lipinski definition) is 5. The maximum atomic E-state index is 12.0. The normalized spacial score (nSPS) is 17.6. The third-order valence-electron chi connectivity index (χ3n) is 4.50. The predicted molar refractivity (Wildman–Crippen MR) is 96.0 cm³/mol. The summed E-state index contributed by atoms with van der Waals surface area (Å²) in [4.78, 5) is 18.6. The van der Waals surface area contributed by atoms with Gasteiger partial charge in [-0.3, -0.25) is 9.36 Å². The molecule has 1 amide bonds. The van der Waals surface area contributed by atoms with E-state index in [1.807, 2.05) is 29.3 Å². The van der Waals surface area contributed by atoms with Gasteiger partial charge in [-0.2, -0.15) is 0 Å². The van der Waals surface area contributed by atoms with Crippen molar-refractivity contribution in [2.75, 3.05) is 25.0 Å². The number of aromatic nitrogens is 5. The van der Waals surface area contributed by atoms with Crippen molar-refractivity contribution in [2.24, 2.45) is 13.0 Å². The lowest BCUT2D eigenvalue weighted by atomic mass is 9.97. The Balaban J connectivity index is 1.96. The first-order chi connectivity index (χ1) is 12.0. The Kier molecular flexibility index (Phi) is 4.87. The lowest BCUT2D eigenvalue weighted by Gasteiger charge is -2.32. The largest absolute Gasteiger partial charge is 0.359 e. The molecule has 2 aromatic rings. The Bertz CT molecular complexity index is 776. The number of piperidine rings is 1. The molecule has 0 aliphatic carbocycles.